The van der Waals surface area contributed by atoms with Crippen molar-refractivity contribution in [1.29, 1.82) is 0 Å². The maximum absolute atomic E-state index is 13.4. The molecule has 38 heavy (non-hydrogen) atoms. The van der Waals surface area contributed by atoms with Crippen molar-refractivity contribution in [1.82, 2.24) is 29.6 Å². The van der Waals surface area contributed by atoms with Crippen LogP contribution >= 0.6 is 0 Å². The Morgan fingerprint density at radius 1 is 1.18 bits per heavy atom. The molecule has 0 saturated heterocycles. The van der Waals surface area contributed by atoms with E-state index in [1.54, 1.807) is 12.4 Å². The van der Waals surface area contributed by atoms with Gasteiger partial charge in [0.2, 0.25) is 5.95 Å². The van der Waals surface area contributed by atoms with Crippen molar-refractivity contribution < 1.29 is 14.3 Å². The van der Waals surface area contributed by atoms with E-state index in [4.69, 9.17) is 4.98 Å². The maximum Gasteiger partial charge on any atom is 0.231 e. The smallest absolute Gasteiger partial charge is 0.231 e. The molecule has 200 valence electrons. The average molecular weight is 521 g/mol. The Morgan fingerprint density at radius 3 is 2.66 bits per heavy atom. The zero-order valence-corrected chi connectivity index (χ0v) is 21.6. The normalized spacial score (nSPS) is 17.7. The van der Waals surface area contributed by atoms with Gasteiger partial charge in [0.05, 0.1) is 29.4 Å². The number of carbonyl (C=O) groups is 1. The number of ketones is 1. The highest BCUT2D eigenvalue weighted by Gasteiger charge is 2.25. The van der Waals surface area contributed by atoms with Gasteiger partial charge in [0, 0.05) is 37.2 Å². The minimum atomic E-state index is -0.398. The van der Waals surface area contributed by atoms with Crippen molar-refractivity contribution >= 4 is 34.3 Å². The van der Waals surface area contributed by atoms with Crippen molar-refractivity contribution in [2.75, 3.05) is 37.9 Å². The summed E-state index contributed by atoms with van der Waals surface area (Å²) in [7, 11) is 4.03. The van der Waals surface area contributed by atoms with Gasteiger partial charge in [-0.05, 0) is 70.0 Å². The van der Waals surface area contributed by atoms with Crippen LogP contribution in [-0.2, 0) is 6.54 Å². The standard InChI is InChI=1S/C27H33FN8O2/c1-35(2)11-12-36-15-21(13-30-36)32-27-33-25-23(26(34-27)31-20-9-3-17(16-37)4-10-20)22(14-29-25)24(38)18-5-7-19(28)8-6-18/h5-8,13-15,17,20,37H,3-4,9-12,16H2,1-2H3,(H3,29,31,32,33,34). The first-order chi connectivity index (χ1) is 18.4. The van der Waals surface area contributed by atoms with Crippen LogP contribution in [0.1, 0.15) is 41.6 Å². The Kier molecular flexibility index (Phi) is 7.66. The first-order valence-electron chi connectivity index (χ1n) is 12.9. The zero-order valence-electron chi connectivity index (χ0n) is 21.6. The third kappa shape index (κ3) is 5.84. The van der Waals surface area contributed by atoms with Gasteiger partial charge in [0.15, 0.2) is 5.78 Å². The Balaban J connectivity index is 1.46. The fourth-order valence-corrected chi connectivity index (χ4v) is 4.79. The Bertz CT molecular complexity index is 1390. The quantitative estimate of drug-likeness (QED) is 0.233. The van der Waals surface area contributed by atoms with Crippen LogP contribution in [0.25, 0.3) is 11.0 Å². The number of hydrogen-bond acceptors (Lipinski definition) is 8. The van der Waals surface area contributed by atoms with Crippen LogP contribution in [0.4, 0.5) is 21.8 Å². The number of aromatic nitrogens is 5. The van der Waals surface area contributed by atoms with Crippen molar-refractivity contribution in [3.8, 4) is 0 Å². The molecule has 1 saturated carbocycles. The van der Waals surface area contributed by atoms with Gasteiger partial charge < -0.3 is 25.6 Å². The fourth-order valence-electron chi connectivity index (χ4n) is 4.79. The highest BCUT2D eigenvalue weighted by molar-refractivity contribution is 6.18. The summed E-state index contributed by atoms with van der Waals surface area (Å²) in [6.07, 6.45) is 8.89. The van der Waals surface area contributed by atoms with Crippen molar-refractivity contribution in [2.45, 2.75) is 38.3 Å². The summed E-state index contributed by atoms with van der Waals surface area (Å²) in [5, 5.41) is 21.3. The average Bonchev–Trinajstić information content (AvgIpc) is 3.55. The summed E-state index contributed by atoms with van der Waals surface area (Å²) in [5.74, 6) is 0.610. The molecule has 1 aliphatic carbocycles. The monoisotopic (exact) mass is 520 g/mol. The molecule has 0 spiro atoms. The zero-order chi connectivity index (χ0) is 26.6. The van der Waals surface area contributed by atoms with Crippen LogP contribution in [-0.4, -0.2) is 73.8 Å². The molecule has 4 aromatic rings. The largest absolute Gasteiger partial charge is 0.396 e. The second-order valence-electron chi connectivity index (χ2n) is 10.1. The molecular weight excluding hydrogens is 487 g/mol. The van der Waals surface area contributed by atoms with E-state index in [1.807, 2.05) is 25.0 Å². The number of aliphatic hydroxyl groups is 1. The molecule has 0 amide bonds. The fraction of sp³-hybridized carbons (Fsp3) is 0.407. The van der Waals surface area contributed by atoms with Crippen LogP contribution in [0, 0.1) is 11.7 Å². The van der Waals surface area contributed by atoms with Gasteiger partial charge in [-0.1, -0.05) is 0 Å². The van der Waals surface area contributed by atoms with Crippen LogP contribution in [0.15, 0.2) is 42.9 Å². The van der Waals surface area contributed by atoms with Gasteiger partial charge in [-0.25, -0.2) is 4.39 Å². The second kappa shape index (κ2) is 11.3. The van der Waals surface area contributed by atoms with Crippen LogP contribution < -0.4 is 10.6 Å². The van der Waals surface area contributed by atoms with Gasteiger partial charge in [0.25, 0.3) is 0 Å². The number of likely N-dealkylation sites (N-methyl/N-ethyl adjacent to an activating group) is 1. The third-order valence-electron chi connectivity index (χ3n) is 6.99. The maximum atomic E-state index is 13.4. The summed E-state index contributed by atoms with van der Waals surface area (Å²) >= 11 is 0. The summed E-state index contributed by atoms with van der Waals surface area (Å²) in [5.41, 5.74) is 2.07. The highest BCUT2D eigenvalue weighted by atomic mass is 19.1. The molecule has 10 nitrogen and oxygen atoms in total. The Morgan fingerprint density at radius 2 is 1.95 bits per heavy atom. The number of hydrogen-bond donors (Lipinski definition) is 4. The summed E-state index contributed by atoms with van der Waals surface area (Å²) < 4.78 is 15.3. The summed E-state index contributed by atoms with van der Waals surface area (Å²) in [4.78, 5) is 28.0. The van der Waals surface area contributed by atoms with Gasteiger partial charge in [0.1, 0.15) is 17.3 Å². The molecule has 0 atom stereocenters. The summed E-state index contributed by atoms with van der Waals surface area (Å²) in [6, 6.07) is 5.66. The number of H-pyrrole nitrogens is 1. The van der Waals surface area contributed by atoms with E-state index in [2.05, 4.69) is 30.6 Å². The number of nitrogens with one attached hydrogen (secondary N) is 3. The van der Waals surface area contributed by atoms with E-state index in [-0.39, 0.29) is 18.4 Å². The van der Waals surface area contributed by atoms with Gasteiger partial charge >= 0.3 is 0 Å². The molecule has 4 N–H and O–H groups in total. The predicted octanol–water partition coefficient (Wildman–Crippen LogP) is 3.79. The lowest BCUT2D eigenvalue weighted by Crippen LogP contribution is -2.28. The molecule has 11 heteroatoms. The van der Waals surface area contributed by atoms with Gasteiger partial charge in [-0.3, -0.25) is 9.48 Å². The first kappa shape index (κ1) is 25.8. The lowest BCUT2D eigenvalue weighted by atomic mass is 9.86. The number of aliphatic hydroxyl groups excluding tert-OH is 1. The summed E-state index contributed by atoms with van der Waals surface area (Å²) in [6.45, 7) is 1.82. The number of nitrogens with zero attached hydrogens (tertiary/aromatic N) is 5. The van der Waals surface area contributed by atoms with E-state index < -0.39 is 5.82 Å². The molecule has 3 heterocycles. The number of anilines is 3. The van der Waals surface area contributed by atoms with Crippen molar-refractivity contribution in [2.24, 2.45) is 5.92 Å². The van der Waals surface area contributed by atoms with E-state index in [0.717, 1.165) is 44.5 Å². The van der Waals surface area contributed by atoms with E-state index in [0.29, 0.717) is 39.8 Å². The van der Waals surface area contributed by atoms with Crippen LogP contribution in [0.3, 0.4) is 0 Å². The molecule has 5 rings (SSSR count). The molecule has 0 radical (unpaired) electrons. The molecule has 1 aromatic carbocycles. The van der Waals surface area contributed by atoms with E-state index in [1.165, 1.54) is 24.3 Å². The predicted molar refractivity (Wildman–Crippen MR) is 144 cm³/mol. The number of aromatic amines is 1. The molecule has 1 aliphatic rings. The number of fused-ring (bicyclic) bond motifs is 1. The number of rotatable bonds is 10. The highest BCUT2D eigenvalue weighted by Crippen LogP contribution is 2.32. The van der Waals surface area contributed by atoms with Crippen molar-refractivity contribution in [3.63, 3.8) is 0 Å². The van der Waals surface area contributed by atoms with Gasteiger partial charge in [-0.2, -0.15) is 15.1 Å². The van der Waals surface area contributed by atoms with Crippen molar-refractivity contribution in [3.05, 3.63) is 59.8 Å². The van der Waals surface area contributed by atoms with E-state index in [9.17, 15) is 14.3 Å². The lowest BCUT2D eigenvalue weighted by Gasteiger charge is -2.28. The minimum Gasteiger partial charge on any atom is -0.396 e. The third-order valence-corrected chi connectivity index (χ3v) is 6.99. The van der Waals surface area contributed by atoms with E-state index >= 15 is 0 Å². The Hall–Kier alpha value is -3.83. The number of benzene rings is 1. The minimum absolute atomic E-state index is 0.154. The molecule has 0 unspecified atom stereocenters. The molecule has 3 aromatic heterocycles. The second-order valence-corrected chi connectivity index (χ2v) is 10.1. The van der Waals surface area contributed by atoms with Crippen LogP contribution in [0.2, 0.25) is 0 Å². The topological polar surface area (TPSA) is 124 Å². The molecule has 1 fully saturated rings. The lowest BCUT2D eigenvalue weighted by molar-refractivity contribution is 0.104. The SMILES string of the molecule is CN(C)CCn1cc(Nc2nc(NC3CCC(CO)CC3)c3c(C(=O)c4ccc(F)cc4)c[nH]c3n2)cn1. The molecule has 0 bridgehead atoms. The first-order valence-corrected chi connectivity index (χ1v) is 12.9. The number of halogens is 1. The number of carbonyl (C=O) groups excluding carboxylic acids is 1. The van der Waals surface area contributed by atoms with Gasteiger partial charge in [-0.15, -0.1) is 0 Å². The molecule has 0 aliphatic heterocycles. The molecular formula is C27H33FN8O2. The Labute approximate surface area is 220 Å². The van der Waals surface area contributed by atoms with Crippen LogP contribution in [0.5, 0.6) is 0 Å².